The van der Waals surface area contributed by atoms with Crippen molar-refractivity contribution in [2.45, 2.75) is 39.7 Å². The summed E-state index contributed by atoms with van der Waals surface area (Å²) in [6, 6.07) is 0.0108. The maximum atomic E-state index is 11.2. The number of carbonyl (C=O) groups is 1. The molecule has 0 aliphatic carbocycles. The van der Waals surface area contributed by atoms with E-state index in [1.165, 1.54) is 11.5 Å². The first-order chi connectivity index (χ1) is 7.65. The second-order valence-electron chi connectivity index (χ2n) is 3.42. The van der Waals surface area contributed by atoms with Gasteiger partial charge in [0.2, 0.25) is 5.13 Å². The van der Waals surface area contributed by atoms with Crippen molar-refractivity contribution in [3.05, 3.63) is 5.82 Å². The van der Waals surface area contributed by atoms with Crippen LogP contribution in [0.1, 0.15) is 33.0 Å². The van der Waals surface area contributed by atoms with Gasteiger partial charge in [0.15, 0.2) is 0 Å². The topological polar surface area (TPSA) is 64.1 Å². The lowest BCUT2D eigenvalue weighted by Crippen LogP contribution is -2.20. The van der Waals surface area contributed by atoms with Gasteiger partial charge in [0.05, 0.1) is 13.0 Å². The number of ether oxygens (including phenoxy) is 1. The van der Waals surface area contributed by atoms with Crippen LogP contribution in [0.3, 0.4) is 0 Å². The molecular formula is C10H17N3O2S. The molecule has 16 heavy (non-hydrogen) atoms. The quantitative estimate of drug-likeness (QED) is 0.772. The maximum absolute atomic E-state index is 11.2. The van der Waals surface area contributed by atoms with E-state index in [1.807, 2.05) is 13.8 Å². The summed E-state index contributed by atoms with van der Waals surface area (Å²) in [7, 11) is 0. The highest BCUT2D eigenvalue weighted by atomic mass is 32.1. The molecule has 1 rings (SSSR count). The molecule has 0 saturated carbocycles. The molecule has 5 nitrogen and oxygen atoms in total. The highest BCUT2D eigenvalue weighted by Crippen LogP contribution is 2.13. The molecule has 1 aromatic heterocycles. The van der Waals surface area contributed by atoms with Gasteiger partial charge in [-0.25, -0.2) is 4.98 Å². The molecule has 1 heterocycles. The van der Waals surface area contributed by atoms with E-state index in [0.717, 1.165) is 17.4 Å². The molecule has 1 atom stereocenters. The molecule has 0 aliphatic heterocycles. The summed E-state index contributed by atoms with van der Waals surface area (Å²) in [4.78, 5) is 15.5. The first kappa shape index (κ1) is 12.9. The minimum absolute atomic E-state index is 0.0108. The number of aromatic nitrogens is 2. The Labute approximate surface area is 99.4 Å². The number of aryl methyl sites for hydroxylation is 1. The third-order valence-corrected chi connectivity index (χ3v) is 2.62. The number of nitrogens with one attached hydrogen (secondary N) is 1. The lowest BCUT2D eigenvalue weighted by atomic mass is 10.2. The van der Waals surface area contributed by atoms with Gasteiger partial charge in [0.1, 0.15) is 5.82 Å². The zero-order chi connectivity index (χ0) is 12.0. The van der Waals surface area contributed by atoms with Crippen molar-refractivity contribution in [2.75, 3.05) is 11.9 Å². The van der Waals surface area contributed by atoms with Crippen LogP contribution >= 0.6 is 11.5 Å². The smallest absolute Gasteiger partial charge is 0.307 e. The Morgan fingerprint density at radius 3 is 2.88 bits per heavy atom. The molecular weight excluding hydrogens is 226 g/mol. The number of hydrogen-bond acceptors (Lipinski definition) is 6. The SMILES string of the molecule is CCOC(=O)CC(C)Nc1nc(CC)ns1. The van der Waals surface area contributed by atoms with Crippen LogP contribution in [-0.2, 0) is 16.0 Å². The molecule has 0 spiro atoms. The van der Waals surface area contributed by atoms with Gasteiger partial charge in [-0.15, -0.1) is 0 Å². The molecule has 0 fully saturated rings. The Morgan fingerprint density at radius 2 is 2.31 bits per heavy atom. The number of anilines is 1. The van der Waals surface area contributed by atoms with Gasteiger partial charge in [-0.1, -0.05) is 6.92 Å². The summed E-state index contributed by atoms with van der Waals surface area (Å²) < 4.78 is 9.02. The average molecular weight is 243 g/mol. The van der Waals surface area contributed by atoms with Crippen LogP contribution in [-0.4, -0.2) is 28.0 Å². The Kier molecular flexibility index (Phi) is 5.18. The monoisotopic (exact) mass is 243 g/mol. The molecule has 0 aliphatic rings. The fourth-order valence-corrected chi connectivity index (χ4v) is 1.95. The molecule has 1 unspecified atom stereocenters. The first-order valence-electron chi connectivity index (χ1n) is 5.40. The van der Waals surface area contributed by atoms with E-state index in [9.17, 15) is 4.79 Å². The molecule has 0 amide bonds. The summed E-state index contributed by atoms with van der Waals surface area (Å²) >= 11 is 1.32. The normalized spacial score (nSPS) is 12.2. The third-order valence-electron chi connectivity index (χ3n) is 1.93. The van der Waals surface area contributed by atoms with Crippen LogP contribution in [0.15, 0.2) is 0 Å². The van der Waals surface area contributed by atoms with E-state index < -0.39 is 0 Å². The maximum Gasteiger partial charge on any atom is 0.307 e. The summed E-state index contributed by atoms with van der Waals surface area (Å²) in [5.74, 6) is 0.638. The summed E-state index contributed by atoms with van der Waals surface area (Å²) in [5.41, 5.74) is 0. The van der Waals surface area contributed by atoms with Gasteiger partial charge in [-0.05, 0) is 13.8 Å². The van der Waals surface area contributed by atoms with E-state index in [4.69, 9.17) is 4.74 Å². The predicted octanol–water partition coefficient (Wildman–Crippen LogP) is 1.85. The van der Waals surface area contributed by atoms with Crippen LogP contribution in [0, 0.1) is 0 Å². The number of carbonyl (C=O) groups excluding carboxylic acids is 1. The van der Waals surface area contributed by atoms with Crippen LogP contribution in [0.5, 0.6) is 0 Å². The van der Waals surface area contributed by atoms with E-state index in [1.54, 1.807) is 6.92 Å². The minimum atomic E-state index is -0.192. The standard InChI is InChI=1S/C10H17N3O2S/c1-4-8-12-10(16-13-8)11-7(3)6-9(14)15-5-2/h7H,4-6H2,1-3H3,(H,11,12,13). The molecule has 90 valence electrons. The van der Waals surface area contributed by atoms with Crippen LogP contribution in [0.25, 0.3) is 0 Å². The van der Waals surface area contributed by atoms with E-state index in [2.05, 4.69) is 14.7 Å². The highest BCUT2D eigenvalue weighted by molar-refractivity contribution is 7.09. The van der Waals surface area contributed by atoms with Gasteiger partial charge in [-0.2, -0.15) is 4.37 Å². The van der Waals surface area contributed by atoms with Gasteiger partial charge in [0, 0.05) is 24.0 Å². The van der Waals surface area contributed by atoms with Crippen LogP contribution < -0.4 is 5.32 Å². The molecule has 0 bridgehead atoms. The average Bonchev–Trinajstić information content (AvgIpc) is 2.65. The lowest BCUT2D eigenvalue weighted by molar-refractivity contribution is -0.143. The number of esters is 1. The lowest BCUT2D eigenvalue weighted by Gasteiger charge is -2.11. The van der Waals surface area contributed by atoms with Crippen molar-refractivity contribution in [1.29, 1.82) is 0 Å². The Morgan fingerprint density at radius 1 is 1.56 bits per heavy atom. The second-order valence-corrected chi connectivity index (χ2v) is 4.18. The minimum Gasteiger partial charge on any atom is -0.466 e. The first-order valence-corrected chi connectivity index (χ1v) is 6.17. The summed E-state index contributed by atoms with van der Waals surface area (Å²) in [5, 5.41) is 3.89. The van der Waals surface area contributed by atoms with E-state index in [-0.39, 0.29) is 12.0 Å². The molecule has 0 aromatic carbocycles. The van der Waals surface area contributed by atoms with E-state index >= 15 is 0 Å². The second kappa shape index (κ2) is 6.42. The van der Waals surface area contributed by atoms with Crippen molar-refractivity contribution in [1.82, 2.24) is 9.36 Å². The Balaban J connectivity index is 2.38. The predicted molar refractivity (Wildman–Crippen MR) is 63.6 cm³/mol. The van der Waals surface area contributed by atoms with Crippen LogP contribution in [0.4, 0.5) is 5.13 Å². The summed E-state index contributed by atoms with van der Waals surface area (Å²) in [6.07, 6.45) is 1.17. The number of nitrogens with zero attached hydrogens (tertiary/aromatic N) is 2. The Hall–Kier alpha value is -1.17. The third kappa shape index (κ3) is 4.14. The molecule has 1 N–H and O–H groups in total. The zero-order valence-electron chi connectivity index (χ0n) is 9.82. The molecule has 0 saturated heterocycles. The highest BCUT2D eigenvalue weighted by Gasteiger charge is 2.11. The molecule has 6 heteroatoms. The summed E-state index contributed by atoms with van der Waals surface area (Å²) in [6.45, 7) is 6.15. The van der Waals surface area contributed by atoms with Crippen molar-refractivity contribution < 1.29 is 9.53 Å². The molecule has 0 radical (unpaired) electrons. The molecule has 1 aromatic rings. The van der Waals surface area contributed by atoms with Gasteiger partial charge in [-0.3, -0.25) is 4.79 Å². The van der Waals surface area contributed by atoms with Crippen LogP contribution in [0.2, 0.25) is 0 Å². The zero-order valence-corrected chi connectivity index (χ0v) is 10.6. The van der Waals surface area contributed by atoms with Gasteiger partial charge < -0.3 is 10.1 Å². The van der Waals surface area contributed by atoms with Crippen molar-refractivity contribution in [3.63, 3.8) is 0 Å². The number of hydrogen-bond donors (Lipinski definition) is 1. The van der Waals surface area contributed by atoms with Gasteiger partial charge in [0.25, 0.3) is 0 Å². The van der Waals surface area contributed by atoms with Crippen molar-refractivity contribution in [3.8, 4) is 0 Å². The van der Waals surface area contributed by atoms with E-state index in [0.29, 0.717) is 13.0 Å². The largest absolute Gasteiger partial charge is 0.466 e. The van der Waals surface area contributed by atoms with Crippen molar-refractivity contribution in [2.24, 2.45) is 0 Å². The fraction of sp³-hybridized carbons (Fsp3) is 0.700. The fourth-order valence-electron chi connectivity index (χ4n) is 1.19. The Bertz CT molecular complexity index is 341. The number of rotatable bonds is 6. The van der Waals surface area contributed by atoms with Gasteiger partial charge >= 0.3 is 5.97 Å². The van der Waals surface area contributed by atoms with Crippen molar-refractivity contribution >= 4 is 22.6 Å².